The van der Waals surface area contributed by atoms with E-state index >= 15 is 0 Å². The van der Waals surface area contributed by atoms with Crippen LogP contribution in [0.25, 0.3) is 0 Å². The Bertz CT molecular complexity index is 315. The molecule has 0 aliphatic carbocycles. The molecule has 0 spiro atoms. The van der Waals surface area contributed by atoms with Crippen LogP contribution in [0.4, 0.5) is 0 Å². The zero-order valence-corrected chi connectivity index (χ0v) is 13.1. The van der Waals surface area contributed by atoms with Gasteiger partial charge in [-0.25, -0.2) is 0 Å². The Morgan fingerprint density at radius 3 is 2.00 bits per heavy atom. The van der Waals surface area contributed by atoms with Crippen molar-refractivity contribution in [1.29, 1.82) is 0 Å². The Labute approximate surface area is 121 Å². The van der Waals surface area contributed by atoms with Gasteiger partial charge in [0.1, 0.15) is 0 Å². The Hall–Kier alpha value is 0.0400. The fourth-order valence-corrected chi connectivity index (χ4v) is 3.35. The van der Waals surface area contributed by atoms with Gasteiger partial charge in [0.15, 0.2) is 0 Å². The highest BCUT2D eigenvalue weighted by atomic mass is 35.5. The van der Waals surface area contributed by atoms with Gasteiger partial charge in [-0.2, -0.15) is 17.0 Å². The maximum Gasteiger partial charge on any atom is 0.282 e. The Morgan fingerprint density at radius 1 is 1.11 bits per heavy atom. The minimum absolute atomic E-state index is 0. The molecule has 1 saturated heterocycles. The highest BCUT2D eigenvalue weighted by molar-refractivity contribution is 7.86. The number of halogens is 1. The summed E-state index contributed by atoms with van der Waals surface area (Å²) in [4.78, 5) is 0. The van der Waals surface area contributed by atoms with E-state index in [1.807, 2.05) is 0 Å². The summed E-state index contributed by atoms with van der Waals surface area (Å²) in [5.74, 6) is 0. The second kappa shape index (κ2) is 9.87. The number of piperazine rings is 1. The number of hydrogen-bond acceptors (Lipinski definition) is 5. The van der Waals surface area contributed by atoms with Gasteiger partial charge in [-0.1, -0.05) is 0 Å². The molecule has 0 aromatic rings. The van der Waals surface area contributed by atoms with Gasteiger partial charge < -0.3 is 14.8 Å². The van der Waals surface area contributed by atoms with E-state index in [-0.39, 0.29) is 12.4 Å². The standard InChI is InChI=1S/C10H23N3O4S.ClH/c1-16-9-7-13(8-10-17-2)18(14,15)12-5-3-11-4-6-12;/h11H,3-10H2,1-2H3;1H. The lowest BCUT2D eigenvalue weighted by atomic mass is 10.4. The van der Waals surface area contributed by atoms with Crippen LogP contribution in [0, 0.1) is 0 Å². The molecule has 0 radical (unpaired) electrons. The molecule has 1 fully saturated rings. The third-order valence-electron chi connectivity index (χ3n) is 2.82. The first-order valence-electron chi connectivity index (χ1n) is 6.06. The number of ether oxygens (including phenoxy) is 2. The molecule has 0 aromatic heterocycles. The van der Waals surface area contributed by atoms with Crippen LogP contribution in [0.2, 0.25) is 0 Å². The van der Waals surface area contributed by atoms with Gasteiger partial charge in [-0.3, -0.25) is 0 Å². The first-order chi connectivity index (χ1) is 8.62. The van der Waals surface area contributed by atoms with E-state index in [1.165, 1.54) is 8.61 Å². The molecule has 0 bridgehead atoms. The molecule has 1 rings (SSSR count). The molecule has 0 amide bonds. The van der Waals surface area contributed by atoms with Crippen LogP contribution in [-0.4, -0.2) is 83.7 Å². The van der Waals surface area contributed by atoms with Gasteiger partial charge in [0.2, 0.25) is 0 Å². The summed E-state index contributed by atoms with van der Waals surface area (Å²) < 4.78 is 37.7. The molecule has 19 heavy (non-hydrogen) atoms. The Balaban J connectivity index is 0.00000324. The summed E-state index contributed by atoms with van der Waals surface area (Å²) in [6.07, 6.45) is 0. The molecule has 1 aliphatic heterocycles. The van der Waals surface area contributed by atoms with Gasteiger partial charge in [0.05, 0.1) is 13.2 Å². The summed E-state index contributed by atoms with van der Waals surface area (Å²) >= 11 is 0. The van der Waals surface area contributed by atoms with Gasteiger partial charge in [0.25, 0.3) is 10.2 Å². The summed E-state index contributed by atoms with van der Waals surface area (Å²) in [7, 11) is -0.279. The van der Waals surface area contributed by atoms with Gasteiger partial charge in [-0.05, 0) is 0 Å². The van der Waals surface area contributed by atoms with Crippen molar-refractivity contribution >= 4 is 22.6 Å². The van der Waals surface area contributed by atoms with Crippen molar-refractivity contribution in [3.8, 4) is 0 Å². The van der Waals surface area contributed by atoms with Gasteiger partial charge in [-0.15, -0.1) is 12.4 Å². The molecule has 9 heteroatoms. The zero-order chi connectivity index (χ0) is 13.4. The third kappa shape index (κ3) is 5.90. The van der Waals surface area contributed by atoms with E-state index in [2.05, 4.69) is 5.32 Å². The smallest absolute Gasteiger partial charge is 0.282 e. The van der Waals surface area contributed by atoms with Crippen LogP contribution in [-0.2, 0) is 19.7 Å². The zero-order valence-electron chi connectivity index (χ0n) is 11.5. The first-order valence-corrected chi connectivity index (χ1v) is 7.46. The average molecular weight is 318 g/mol. The summed E-state index contributed by atoms with van der Waals surface area (Å²) in [6, 6.07) is 0. The fourth-order valence-electron chi connectivity index (χ4n) is 1.77. The third-order valence-corrected chi connectivity index (χ3v) is 4.85. The number of nitrogens with zero attached hydrogens (tertiary/aromatic N) is 2. The first kappa shape index (κ1) is 19.0. The maximum absolute atomic E-state index is 12.4. The predicted molar refractivity (Wildman–Crippen MR) is 75.9 cm³/mol. The van der Waals surface area contributed by atoms with Crippen molar-refractivity contribution in [1.82, 2.24) is 13.9 Å². The topological polar surface area (TPSA) is 71.1 Å². The van der Waals surface area contributed by atoms with E-state index in [9.17, 15) is 8.42 Å². The number of rotatable bonds is 8. The Morgan fingerprint density at radius 2 is 1.58 bits per heavy atom. The summed E-state index contributed by atoms with van der Waals surface area (Å²) in [6.45, 7) is 3.89. The van der Waals surface area contributed by atoms with Crippen LogP contribution in [0.1, 0.15) is 0 Å². The second-order valence-corrected chi connectivity index (χ2v) is 5.97. The quantitative estimate of drug-likeness (QED) is 0.631. The van der Waals surface area contributed by atoms with Crippen LogP contribution < -0.4 is 5.32 Å². The van der Waals surface area contributed by atoms with Gasteiger partial charge in [0, 0.05) is 53.5 Å². The van der Waals surface area contributed by atoms with E-state index < -0.39 is 10.2 Å². The van der Waals surface area contributed by atoms with Crippen LogP contribution in [0.15, 0.2) is 0 Å². The SMILES string of the molecule is COCCN(CCOC)S(=O)(=O)N1CCNCC1.Cl. The molecule has 7 nitrogen and oxygen atoms in total. The van der Waals surface area contributed by atoms with Crippen LogP contribution in [0.3, 0.4) is 0 Å². The van der Waals surface area contributed by atoms with E-state index in [4.69, 9.17) is 9.47 Å². The summed E-state index contributed by atoms with van der Waals surface area (Å²) in [5.41, 5.74) is 0. The van der Waals surface area contributed by atoms with E-state index in [0.29, 0.717) is 52.5 Å². The molecule has 1 heterocycles. The molecule has 1 aliphatic rings. The highest BCUT2D eigenvalue weighted by Gasteiger charge is 2.29. The molecule has 116 valence electrons. The molecular weight excluding hydrogens is 294 g/mol. The van der Waals surface area contributed by atoms with Crippen LogP contribution >= 0.6 is 12.4 Å². The van der Waals surface area contributed by atoms with Crippen molar-refractivity contribution in [3.63, 3.8) is 0 Å². The summed E-state index contributed by atoms with van der Waals surface area (Å²) in [5, 5.41) is 3.14. The monoisotopic (exact) mass is 317 g/mol. The largest absolute Gasteiger partial charge is 0.383 e. The number of nitrogens with one attached hydrogen (secondary N) is 1. The second-order valence-electron chi connectivity index (χ2n) is 4.04. The van der Waals surface area contributed by atoms with Crippen molar-refractivity contribution in [2.24, 2.45) is 0 Å². The highest BCUT2D eigenvalue weighted by Crippen LogP contribution is 2.09. The molecule has 0 atom stereocenters. The number of hydrogen-bond donors (Lipinski definition) is 1. The van der Waals surface area contributed by atoms with E-state index in [0.717, 1.165) is 0 Å². The number of methoxy groups -OCH3 is 2. The van der Waals surface area contributed by atoms with Crippen molar-refractivity contribution < 1.29 is 17.9 Å². The minimum Gasteiger partial charge on any atom is -0.383 e. The molecule has 0 aromatic carbocycles. The van der Waals surface area contributed by atoms with E-state index in [1.54, 1.807) is 14.2 Å². The predicted octanol–water partition coefficient (Wildman–Crippen LogP) is -0.847. The lowest BCUT2D eigenvalue weighted by Crippen LogP contribution is -2.52. The molecule has 1 N–H and O–H groups in total. The van der Waals surface area contributed by atoms with Crippen LogP contribution in [0.5, 0.6) is 0 Å². The Kier molecular flexibility index (Phi) is 9.89. The fraction of sp³-hybridized carbons (Fsp3) is 1.00. The average Bonchev–Trinajstić information content (AvgIpc) is 2.39. The minimum atomic E-state index is -3.40. The van der Waals surface area contributed by atoms with Crippen molar-refractivity contribution in [3.05, 3.63) is 0 Å². The maximum atomic E-state index is 12.4. The lowest BCUT2D eigenvalue weighted by Gasteiger charge is -2.32. The lowest BCUT2D eigenvalue weighted by molar-refractivity contribution is 0.146. The van der Waals surface area contributed by atoms with Gasteiger partial charge >= 0.3 is 0 Å². The normalized spacial score (nSPS) is 17.4. The van der Waals surface area contributed by atoms with Crippen molar-refractivity contribution in [2.45, 2.75) is 0 Å². The molecule has 0 unspecified atom stereocenters. The molecule has 0 saturated carbocycles. The van der Waals surface area contributed by atoms with Crippen molar-refractivity contribution in [2.75, 3.05) is 66.7 Å². The molecular formula is C10H24ClN3O4S.